The van der Waals surface area contributed by atoms with Gasteiger partial charge in [0.1, 0.15) is 6.10 Å². The van der Waals surface area contributed by atoms with Crippen LogP contribution in [0.3, 0.4) is 0 Å². The molecule has 2 unspecified atom stereocenters. The van der Waals surface area contributed by atoms with Gasteiger partial charge in [-0.25, -0.2) is 0 Å². The summed E-state index contributed by atoms with van der Waals surface area (Å²) in [5, 5.41) is 0. The van der Waals surface area contributed by atoms with Crippen LogP contribution < -0.4 is 0 Å². The minimum Gasteiger partial charge on any atom is -0.465 e. The van der Waals surface area contributed by atoms with Crippen LogP contribution in [0.25, 0.3) is 0 Å². The van der Waals surface area contributed by atoms with Crippen LogP contribution in [0.5, 0.6) is 0 Å². The molecular formula is C35H60O5. The third kappa shape index (κ3) is 16.4. The Kier molecular flexibility index (Phi) is 21.5. The smallest absolute Gasteiger partial charge is 0.323 e. The summed E-state index contributed by atoms with van der Waals surface area (Å²) in [6, 6.07) is 10.2. The van der Waals surface area contributed by atoms with Gasteiger partial charge in [0.25, 0.3) is 0 Å². The third-order valence-corrected chi connectivity index (χ3v) is 7.82. The lowest BCUT2D eigenvalue weighted by Gasteiger charge is -2.28. The normalized spacial score (nSPS) is 13.5. The van der Waals surface area contributed by atoms with Crippen LogP contribution >= 0.6 is 0 Å². The topological polar surface area (TPSA) is 61.8 Å². The summed E-state index contributed by atoms with van der Waals surface area (Å²) in [7, 11) is 0. The van der Waals surface area contributed by atoms with Crippen LogP contribution in [0.15, 0.2) is 30.3 Å². The summed E-state index contributed by atoms with van der Waals surface area (Å²) in [5.41, 5.74) is -0.0652. The fourth-order valence-corrected chi connectivity index (χ4v) is 4.90. The molecule has 0 aliphatic carbocycles. The summed E-state index contributed by atoms with van der Waals surface area (Å²) < 4.78 is 17.4. The molecule has 0 fully saturated rings. The van der Waals surface area contributed by atoms with Crippen molar-refractivity contribution in [2.45, 2.75) is 156 Å². The quantitative estimate of drug-likeness (QED) is 0.0641. The van der Waals surface area contributed by atoms with E-state index in [-0.39, 0.29) is 6.10 Å². The Bertz CT molecular complexity index is 749. The van der Waals surface area contributed by atoms with Crippen molar-refractivity contribution < 1.29 is 23.8 Å². The van der Waals surface area contributed by atoms with Crippen molar-refractivity contribution in [1.29, 1.82) is 0 Å². The van der Waals surface area contributed by atoms with Crippen LogP contribution in [-0.4, -0.2) is 31.3 Å². The first-order chi connectivity index (χ1) is 19.5. The van der Waals surface area contributed by atoms with Gasteiger partial charge in [-0.2, -0.15) is 0 Å². The highest BCUT2D eigenvalue weighted by Crippen LogP contribution is 2.30. The molecule has 2 atom stereocenters. The van der Waals surface area contributed by atoms with E-state index >= 15 is 0 Å². The summed E-state index contributed by atoms with van der Waals surface area (Å²) in [4.78, 5) is 26.6. The Morgan fingerprint density at radius 2 is 1.27 bits per heavy atom. The molecule has 0 amide bonds. The Balaban J connectivity index is 2.49. The monoisotopic (exact) mass is 560 g/mol. The standard InChI is InChI=1S/C35H60O5/c1-5-8-10-11-12-13-15-23-29-39-33(36)35(4,34(37)40-32(7-3)26-18-9-6-2)27-21-14-16-22-28-38-30-31-24-19-17-20-25-31/h17,19-20,24-25,32H,5-16,18,21-23,26-30H2,1-4H3. The lowest BCUT2D eigenvalue weighted by atomic mass is 9.84. The molecule has 40 heavy (non-hydrogen) atoms. The fraction of sp³-hybridized carbons (Fsp3) is 0.771. The Morgan fingerprint density at radius 1 is 0.700 bits per heavy atom. The van der Waals surface area contributed by atoms with Crippen molar-refractivity contribution >= 4 is 11.9 Å². The van der Waals surface area contributed by atoms with Crippen molar-refractivity contribution in [3.63, 3.8) is 0 Å². The fourth-order valence-electron chi connectivity index (χ4n) is 4.90. The van der Waals surface area contributed by atoms with E-state index in [1.807, 2.05) is 25.1 Å². The van der Waals surface area contributed by atoms with E-state index < -0.39 is 17.4 Å². The van der Waals surface area contributed by atoms with E-state index in [9.17, 15) is 9.59 Å². The number of rotatable bonds is 26. The maximum absolute atomic E-state index is 13.4. The largest absolute Gasteiger partial charge is 0.465 e. The van der Waals surface area contributed by atoms with E-state index in [0.717, 1.165) is 70.6 Å². The van der Waals surface area contributed by atoms with Crippen molar-refractivity contribution in [3.8, 4) is 0 Å². The van der Waals surface area contributed by atoms with Crippen LogP contribution in [0, 0.1) is 5.41 Å². The zero-order valence-corrected chi connectivity index (χ0v) is 26.4. The van der Waals surface area contributed by atoms with E-state index in [4.69, 9.17) is 14.2 Å². The second-order valence-electron chi connectivity index (χ2n) is 11.6. The third-order valence-electron chi connectivity index (χ3n) is 7.82. The van der Waals surface area contributed by atoms with Gasteiger partial charge in [0.15, 0.2) is 5.41 Å². The maximum atomic E-state index is 13.4. The van der Waals surface area contributed by atoms with E-state index in [2.05, 4.69) is 26.0 Å². The van der Waals surface area contributed by atoms with Crippen molar-refractivity contribution in [2.24, 2.45) is 5.41 Å². The summed E-state index contributed by atoms with van der Waals surface area (Å²) in [5.74, 6) is -0.835. The van der Waals surface area contributed by atoms with E-state index in [1.165, 1.54) is 44.1 Å². The molecular weight excluding hydrogens is 500 g/mol. The van der Waals surface area contributed by atoms with Crippen molar-refractivity contribution in [1.82, 2.24) is 0 Å². The molecule has 0 radical (unpaired) electrons. The second-order valence-corrected chi connectivity index (χ2v) is 11.6. The predicted octanol–water partition coefficient (Wildman–Crippen LogP) is 9.75. The molecule has 1 rings (SSSR count). The molecule has 0 spiro atoms. The lowest BCUT2D eigenvalue weighted by Crippen LogP contribution is -2.41. The first kappa shape index (κ1) is 36.1. The van der Waals surface area contributed by atoms with Crippen LogP contribution in [0.4, 0.5) is 0 Å². The average Bonchev–Trinajstić information content (AvgIpc) is 2.97. The Hall–Kier alpha value is -1.88. The van der Waals surface area contributed by atoms with Gasteiger partial charge in [0, 0.05) is 6.61 Å². The van der Waals surface area contributed by atoms with Gasteiger partial charge in [-0.3, -0.25) is 9.59 Å². The van der Waals surface area contributed by atoms with Gasteiger partial charge in [0.05, 0.1) is 13.2 Å². The number of carbonyl (C=O) groups excluding carboxylic acids is 2. The van der Waals surface area contributed by atoms with Gasteiger partial charge in [-0.15, -0.1) is 0 Å². The maximum Gasteiger partial charge on any atom is 0.323 e. The molecule has 0 bridgehead atoms. The van der Waals surface area contributed by atoms with Gasteiger partial charge in [0.2, 0.25) is 0 Å². The molecule has 0 aromatic heterocycles. The second kappa shape index (κ2) is 23.8. The molecule has 0 aliphatic rings. The number of ether oxygens (including phenoxy) is 3. The highest BCUT2D eigenvalue weighted by atomic mass is 16.6. The number of benzene rings is 1. The summed E-state index contributed by atoms with van der Waals surface area (Å²) >= 11 is 0. The summed E-state index contributed by atoms with van der Waals surface area (Å²) in [6.07, 6.45) is 18.4. The van der Waals surface area contributed by atoms with Gasteiger partial charge in [-0.05, 0) is 51.0 Å². The predicted molar refractivity (Wildman–Crippen MR) is 165 cm³/mol. The van der Waals surface area contributed by atoms with Gasteiger partial charge < -0.3 is 14.2 Å². The Morgan fingerprint density at radius 3 is 1.93 bits per heavy atom. The van der Waals surface area contributed by atoms with Crippen LogP contribution in [-0.2, 0) is 30.4 Å². The zero-order chi connectivity index (χ0) is 29.3. The van der Waals surface area contributed by atoms with Crippen LogP contribution in [0.2, 0.25) is 0 Å². The highest BCUT2D eigenvalue weighted by Gasteiger charge is 2.44. The van der Waals surface area contributed by atoms with Gasteiger partial charge in [-0.1, -0.05) is 128 Å². The number of unbranched alkanes of at least 4 members (excludes halogenated alkanes) is 12. The Labute approximate surface area is 246 Å². The van der Waals surface area contributed by atoms with Gasteiger partial charge >= 0.3 is 11.9 Å². The first-order valence-electron chi connectivity index (χ1n) is 16.5. The van der Waals surface area contributed by atoms with Crippen molar-refractivity contribution in [2.75, 3.05) is 13.2 Å². The zero-order valence-electron chi connectivity index (χ0n) is 26.4. The minimum absolute atomic E-state index is 0.138. The lowest BCUT2D eigenvalue weighted by molar-refractivity contribution is -0.175. The average molecular weight is 561 g/mol. The van der Waals surface area contributed by atoms with Crippen LogP contribution in [0.1, 0.15) is 149 Å². The summed E-state index contributed by atoms with van der Waals surface area (Å²) in [6.45, 7) is 9.90. The molecule has 0 heterocycles. The first-order valence-corrected chi connectivity index (χ1v) is 16.5. The molecule has 1 aromatic rings. The van der Waals surface area contributed by atoms with Crippen molar-refractivity contribution in [3.05, 3.63) is 35.9 Å². The molecule has 5 nitrogen and oxygen atoms in total. The molecule has 0 saturated heterocycles. The minimum atomic E-state index is -1.25. The highest BCUT2D eigenvalue weighted by molar-refractivity contribution is 5.99. The van der Waals surface area contributed by atoms with E-state index in [1.54, 1.807) is 6.92 Å². The number of carbonyl (C=O) groups is 2. The molecule has 0 N–H and O–H groups in total. The SMILES string of the molecule is CCCCCCCCCCOC(=O)C(C)(CCCCCCOCc1ccccc1)C(=O)OC(CC)CCCCC. The van der Waals surface area contributed by atoms with E-state index in [0.29, 0.717) is 26.2 Å². The molecule has 5 heteroatoms. The molecule has 0 saturated carbocycles. The number of hydrogen-bond donors (Lipinski definition) is 0. The molecule has 1 aromatic carbocycles. The molecule has 230 valence electrons. The molecule has 0 aliphatic heterocycles. The number of hydrogen-bond acceptors (Lipinski definition) is 5. The number of esters is 2.